The molecule has 0 N–H and O–H groups in total. The lowest BCUT2D eigenvalue weighted by atomic mass is 10.2. The molecule has 2 aromatic rings. The van der Waals surface area contributed by atoms with Crippen molar-refractivity contribution in [3.8, 4) is 5.75 Å². The van der Waals surface area contributed by atoms with Crippen molar-refractivity contribution in [3.63, 3.8) is 0 Å². The van der Waals surface area contributed by atoms with E-state index in [2.05, 4.69) is 4.98 Å². The van der Waals surface area contributed by atoms with E-state index in [1.165, 1.54) is 23.5 Å². The fraction of sp³-hybridized carbons (Fsp3) is 0.357. The summed E-state index contributed by atoms with van der Waals surface area (Å²) in [5.41, 5.74) is 0.0766. The van der Waals surface area contributed by atoms with Crippen LogP contribution >= 0.6 is 22.9 Å². The van der Waals surface area contributed by atoms with Crippen LogP contribution in [0.3, 0.4) is 0 Å². The number of benzene rings is 1. The van der Waals surface area contributed by atoms with Crippen molar-refractivity contribution in [1.29, 1.82) is 0 Å². The molecule has 1 heterocycles. The number of thiazole rings is 1. The summed E-state index contributed by atoms with van der Waals surface area (Å²) in [5, 5.41) is 2.62. The molecule has 1 aromatic carbocycles. The van der Waals surface area contributed by atoms with E-state index in [1.54, 1.807) is 0 Å². The fourth-order valence-electron chi connectivity index (χ4n) is 1.73. The number of alkyl halides is 4. The van der Waals surface area contributed by atoms with E-state index in [4.69, 9.17) is 16.3 Å². The Morgan fingerprint density at radius 2 is 1.95 bits per heavy atom. The SMILES string of the molecule is CCC(Oc1ccc(C(F)(F)F)cc1)c1nc(CCl)cs1. The number of hydrogen-bond donors (Lipinski definition) is 0. The first-order chi connectivity index (χ1) is 9.94. The Balaban J connectivity index is 2.11. The van der Waals surface area contributed by atoms with Crippen LogP contribution in [-0.2, 0) is 12.1 Å². The predicted octanol–water partition coefficient (Wildman–Crippen LogP) is 5.43. The van der Waals surface area contributed by atoms with Gasteiger partial charge in [0, 0.05) is 5.38 Å². The van der Waals surface area contributed by atoms with Crippen LogP contribution < -0.4 is 4.74 Å². The first kappa shape index (κ1) is 16.1. The molecule has 0 aliphatic heterocycles. The van der Waals surface area contributed by atoms with E-state index in [0.29, 0.717) is 18.1 Å². The van der Waals surface area contributed by atoms with Crippen LogP contribution in [0.1, 0.15) is 35.7 Å². The highest BCUT2D eigenvalue weighted by molar-refractivity contribution is 7.09. The molecule has 0 aliphatic rings. The summed E-state index contributed by atoms with van der Waals surface area (Å²) in [7, 11) is 0. The summed E-state index contributed by atoms with van der Waals surface area (Å²) < 4.78 is 43.2. The van der Waals surface area contributed by atoms with E-state index >= 15 is 0 Å². The maximum atomic E-state index is 12.5. The van der Waals surface area contributed by atoms with Crippen LogP contribution in [0.25, 0.3) is 0 Å². The third kappa shape index (κ3) is 4.11. The van der Waals surface area contributed by atoms with Gasteiger partial charge >= 0.3 is 6.18 Å². The molecule has 2 nitrogen and oxygen atoms in total. The molecular weight excluding hydrogens is 323 g/mol. The van der Waals surface area contributed by atoms with Crippen molar-refractivity contribution < 1.29 is 17.9 Å². The number of ether oxygens (including phenoxy) is 1. The second-order valence-electron chi connectivity index (χ2n) is 4.35. The third-order valence-electron chi connectivity index (χ3n) is 2.81. The maximum Gasteiger partial charge on any atom is 0.416 e. The van der Waals surface area contributed by atoms with Crippen molar-refractivity contribution in [2.24, 2.45) is 0 Å². The van der Waals surface area contributed by atoms with Gasteiger partial charge in [-0.05, 0) is 30.7 Å². The van der Waals surface area contributed by atoms with Crippen molar-refractivity contribution >= 4 is 22.9 Å². The first-order valence-corrected chi connectivity index (χ1v) is 7.69. The van der Waals surface area contributed by atoms with Crippen LogP contribution in [0.15, 0.2) is 29.6 Å². The minimum atomic E-state index is -4.34. The zero-order chi connectivity index (χ0) is 15.5. The summed E-state index contributed by atoms with van der Waals surface area (Å²) in [6.45, 7) is 1.93. The molecule has 0 amide bonds. The minimum absolute atomic E-state index is 0.288. The summed E-state index contributed by atoms with van der Waals surface area (Å²) in [6, 6.07) is 4.66. The lowest BCUT2D eigenvalue weighted by molar-refractivity contribution is -0.137. The van der Waals surface area contributed by atoms with Crippen molar-refractivity contribution in [2.45, 2.75) is 31.5 Å². The van der Waals surface area contributed by atoms with Gasteiger partial charge in [0.25, 0.3) is 0 Å². The highest BCUT2D eigenvalue weighted by Gasteiger charge is 2.30. The average Bonchev–Trinajstić information content (AvgIpc) is 2.93. The van der Waals surface area contributed by atoms with Gasteiger partial charge in [0.2, 0.25) is 0 Å². The third-order valence-corrected chi connectivity index (χ3v) is 4.07. The molecule has 0 saturated carbocycles. The maximum absolute atomic E-state index is 12.5. The highest BCUT2D eigenvalue weighted by atomic mass is 35.5. The van der Waals surface area contributed by atoms with Gasteiger partial charge in [-0.1, -0.05) is 6.92 Å². The van der Waals surface area contributed by atoms with E-state index in [0.717, 1.165) is 22.8 Å². The molecule has 7 heteroatoms. The van der Waals surface area contributed by atoms with Gasteiger partial charge in [-0.3, -0.25) is 0 Å². The Morgan fingerprint density at radius 3 is 2.43 bits per heavy atom. The van der Waals surface area contributed by atoms with Crippen molar-refractivity contribution in [3.05, 3.63) is 45.9 Å². The summed E-state index contributed by atoms with van der Waals surface area (Å²) in [4.78, 5) is 4.33. The molecule has 0 spiro atoms. The lowest BCUT2D eigenvalue weighted by Crippen LogP contribution is -2.07. The zero-order valence-corrected chi connectivity index (χ0v) is 12.7. The largest absolute Gasteiger partial charge is 0.483 e. The molecule has 0 saturated heterocycles. The van der Waals surface area contributed by atoms with Gasteiger partial charge in [-0.25, -0.2) is 4.98 Å². The quantitative estimate of drug-likeness (QED) is 0.680. The molecule has 1 atom stereocenters. The topological polar surface area (TPSA) is 22.1 Å². The molecule has 2 rings (SSSR count). The fourth-order valence-corrected chi connectivity index (χ4v) is 2.88. The Kier molecular flexibility index (Phi) is 5.11. The molecule has 0 fully saturated rings. The number of aromatic nitrogens is 1. The van der Waals surface area contributed by atoms with Crippen LogP contribution in [0.2, 0.25) is 0 Å². The Labute approximate surface area is 129 Å². The standard InChI is InChI=1S/C14H13ClF3NOS/c1-2-12(13-19-10(7-15)8-21-13)20-11-5-3-9(4-6-11)14(16,17)18/h3-6,8,12H,2,7H2,1H3. The predicted molar refractivity (Wildman–Crippen MR) is 76.8 cm³/mol. The second-order valence-corrected chi connectivity index (χ2v) is 5.50. The molecule has 0 bridgehead atoms. The van der Waals surface area contributed by atoms with E-state index < -0.39 is 11.7 Å². The number of halogens is 4. The van der Waals surface area contributed by atoms with Gasteiger partial charge in [0.1, 0.15) is 16.9 Å². The normalized spacial score (nSPS) is 13.2. The van der Waals surface area contributed by atoms with Gasteiger partial charge in [-0.15, -0.1) is 22.9 Å². The Bertz CT molecular complexity index is 583. The molecule has 0 aliphatic carbocycles. The highest BCUT2D eigenvalue weighted by Crippen LogP contribution is 2.32. The van der Waals surface area contributed by atoms with Crippen molar-refractivity contribution in [2.75, 3.05) is 0 Å². The van der Waals surface area contributed by atoms with Crippen LogP contribution in [-0.4, -0.2) is 4.98 Å². The van der Waals surface area contributed by atoms with Crippen molar-refractivity contribution in [1.82, 2.24) is 4.98 Å². The minimum Gasteiger partial charge on any atom is -0.483 e. The lowest BCUT2D eigenvalue weighted by Gasteiger charge is -2.16. The summed E-state index contributed by atoms with van der Waals surface area (Å²) >= 11 is 7.14. The average molecular weight is 336 g/mol. The van der Waals surface area contributed by atoms with E-state index in [9.17, 15) is 13.2 Å². The van der Waals surface area contributed by atoms with Crippen LogP contribution in [0.5, 0.6) is 5.75 Å². The van der Waals surface area contributed by atoms with Gasteiger partial charge in [0.05, 0.1) is 17.1 Å². The molecule has 1 unspecified atom stereocenters. The Hall–Kier alpha value is -1.27. The molecule has 0 radical (unpaired) electrons. The van der Waals surface area contributed by atoms with Gasteiger partial charge in [-0.2, -0.15) is 13.2 Å². The second kappa shape index (κ2) is 6.66. The van der Waals surface area contributed by atoms with Crippen LogP contribution in [0, 0.1) is 0 Å². The monoisotopic (exact) mass is 335 g/mol. The van der Waals surface area contributed by atoms with E-state index in [1.807, 2.05) is 12.3 Å². The smallest absolute Gasteiger partial charge is 0.416 e. The van der Waals surface area contributed by atoms with E-state index in [-0.39, 0.29) is 6.10 Å². The Morgan fingerprint density at radius 1 is 1.29 bits per heavy atom. The van der Waals surface area contributed by atoms with Crippen LogP contribution in [0.4, 0.5) is 13.2 Å². The summed E-state index contributed by atoms with van der Waals surface area (Å²) in [5.74, 6) is 0.713. The molecule has 114 valence electrons. The molecule has 21 heavy (non-hydrogen) atoms. The summed E-state index contributed by atoms with van der Waals surface area (Å²) in [6.07, 6.45) is -3.97. The van der Waals surface area contributed by atoms with Gasteiger partial charge < -0.3 is 4.74 Å². The number of hydrogen-bond acceptors (Lipinski definition) is 3. The van der Waals surface area contributed by atoms with Gasteiger partial charge in [0.15, 0.2) is 0 Å². The molecular formula is C14H13ClF3NOS. The number of rotatable bonds is 5. The number of nitrogens with zero attached hydrogens (tertiary/aromatic N) is 1. The molecule has 1 aromatic heterocycles. The zero-order valence-electron chi connectivity index (χ0n) is 11.2. The first-order valence-electron chi connectivity index (χ1n) is 6.28.